The summed E-state index contributed by atoms with van der Waals surface area (Å²) in [6, 6.07) is 2.52. The van der Waals surface area contributed by atoms with Crippen LogP contribution in [0.1, 0.15) is 36.0 Å². The normalized spacial score (nSPS) is 23.1. The highest BCUT2D eigenvalue weighted by molar-refractivity contribution is 6.32. The largest absolute Gasteiger partial charge is 0.489 e. The summed E-state index contributed by atoms with van der Waals surface area (Å²) < 4.78 is 19.3. The van der Waals surface area contributed by atoms with Gasteiger partial charge in [0.25, 0.3) is 5.91 Å². The summed E-state index contributed by atoms with van der Waals surface area (Å²) in [6.45, 7) is 0. The number of ether oxygens (including phenoxy) is 1. The van der Waals surface area contributed by atoms with E-state index in [1.165, 1.54) is 6.07 Å². The van der Waals surface area contributed by atoms with Crippen LogP contribution in [0.5, 0.6) is 5.75 Å². The number of nitrogens with two attached hydrogens (primary N) is 2. The number of primary amides is 1. The Morgan fingerprint density at radius 2 is 1.95 bits per heavy atom. The summed E-state index contributed by atoms with van der Waals surface area (Å²) >= 11 is 5.97. The first kappa shape index (κ1) is 14.1. The quantitative estimate of drug-likeness (QED) is 0.894. The zero-order chi connectivity index (χ0) is 14.0. The Morgan fingerprint density at radius 1 is 1.32 bits per heavy atom. The van der Waals surface area contributed by atoms with Gasteiger partial charge in [-0.3, -0.25) is 4.79 Å². The number of hydrogen-bond acceptors (Lipinski definition) is 3. The van der Waals surface area contributed by atoms with Crippen LogP contribution in [0.2, 0.25) is 5.02 Å². The number of benzene rings is 1. The summed E-state index contributed by atoms with van der Waals surface area (Å²) in [5, 5.41) is 0.185. The van der Waals surface area contributed by atoms with Crippen molar-refractivity contribution < 1.29 is 13.9 Å². The van der Waals surface area contributed by atoms with E-state index >= 15 is 0 Å². The molecule has 1 aliphatic carbocycles. The van der Waals surface area contributed by atoms with Crippen molar-refractivity contribution in [3.8, 4) is 5.75 Å². The Labute approximate surface area is 115 Å². The minimum absolute atomic E-state index is 0.0175. The molecular formula is C13H16ClFN2O2. The van der Waals surface area contributed by atoms with Gasteiger partial charge in [-0.15, -0.1) is 0 Å². The first-order chi connectivity index (χ1) is 8.97. The van der Waals surface area contributed by atoms with Crippen molar-refractivity contribution in [1.29, 1.82) is 0 Å². The van der Waals surface area contributed by atoms with Gasteiger partial charge in [-0.1, -0.05) is 11.6 Å². The SMILES string of the molecule is NC(=O)c1cc(Cl)c(OC2CCC(N)CC2)cc1F. The molecule has 0 radical (unpaired) electrons. The van der Waals surface area contributed by atoms with E-state index in [4.69, 9.17) is 27.8 Å². The van der Waals surface area contributed by atoms with Crippen LogP contribution in [-0.2, 0) is 0 Å². The Morgan fingerprint density at radius 3 is 2.53 bits per heavy atom. The highest BCUT2D eigenvalue weighted by atomic mass is 35.5. The lowest BCUT2D eigenvalue weighted by atomic mass is 9.94. The summed E-state index contributed by atoms with van der Waals surface area (Å²) in [4.78, 5) is 11.0. The summed E-state index contributed by atoms with van der Waals surface area (Å²) in [6.07, 6.45) is 3.37. The van der Waals surface area contributed by atoms with Crippen molar-refractivity contribution in [3.05, 3.63) is 28.5 Å². The van der Waals surface area contributed by atoms with Crippen molar-refractivity contribution in [2.24, 2.45) is 11.5 Å². The topological polar surface area (TPSA) is 78.3 Å². The lowest BCUT2D eigenvalue weighted by molar-refractivity contribution is 0.0996. The van der Waals surface area contributed by atoms with Gasteiger partial charge in [0.2, 0.25) is 0 Å². The lowest BCUT2D eigenvalue weighted by Gasteiger charge is -2.27. The Kier molecular flexibility index (Phi) is 4.27. The third-order valence-corrected chi connectivity index (χ3v) is 3.59. The van der Waals surface area contributed by atoms with E-state index in [1.54, 1.807) is 0 Å². The number of halogens is 2. The molecule has 4 nitrogen and oxygen atoms in total. The van der Waals surface area contributed by atoms with Crippen LogP contribution >= 0.6 is 11.6 Å². The molecule has 1 aliphatic rings. The van der Waals surface area contributed by atoms with E-state index in [2.05, 4.69) is 0 Å². The van der Waals surface area contributed by atoms with E-state index in [9.17, 15) is 9.18 Å². The van der Waals surface area contributed by atoms with E-state index in [0.717, 1.165) is 31.7 Å². The highest BCUT2D eigenvalue weighted by Crippen LogP contribution is 2.31. The second-order valence-electron chi connectivity index (χ2n) is 4.78. The summed E-state index contributed by atoms with van der Waals surface area (Å²) in [5.41, 5.74) is 10.6. The highest BCUT2D eigenvalue weighted by Gasteiger charge is 2.22. The van der Waals surface area contributed by atoms with Gasteiger partial charge >= 0.3 is 0 Å². The second kappa shape index (κ2) is 5.75. The van der Waals surface area contributed by atoms with E-state index in [0.29, 0.717) is 0 Å². The fourth-order valence-electron chi connectivity index (χ4n) is 2.19. The Hall–Kier alpha value is -1.33. The smallest absolute Gasteiger partial charge is 0.251 e. The molecule has 2 rings (SSSR count). The molecule has 0 unspecified atom stereocenters. The predicted octanol–water partition coefficient (Wildman–Crippen LogP) is 2.23. The van der Waals surface area contributed by atoms with Crippen LogP contribution < -0.4 is 16.2 Å². The third-order valence-electron chi connectivity index (χ3n) is 3.30. The van der Waals surface area contributed by atoms with Crippen LogP contribution in [0.4, 0.5) is 4.39 Å². The Bertz CT molecular complexity index is 488. The molecule has 0 aliphatic heterocycles. The molecule has 0 spiro atoms. The van der Waals surface area contributed by atoms with Gasteiger partial charge in [0.15, 0.2) is 0 Å². The van der Waals surface area contributed by atoms with E-state index < -0.39 is 11.7 Å². The molecule has 1 aromatic carbocycles. The average Bonchev–Trinajstić information content (AvgIpc) is 2.35. The van der Waals surface area contributed by atoms with Gasteiger partial charge in [0.1, 0.15) is 11.6 Å². The number of carbonyl (C=O) groups is 1. The van der Waals surface area contributed by atoms with Gasteiger partial charge in [0.05, 0.1) is 16.7 Å². The van der Waals surface area contributed by atoms with Crippen LogP contribution in [0, 0.1) is 5.82 Å². The van der Waals surface area contributed by atoms with Crippen LogP contribution in [0.25, 0.3) is 0 Å². The molecule has 1 amide bonds. The van der Waals surface area contributed by atoms with Crippen molar-refractivity contribution in [3.63, 3.8) is 0 Å². The molecule has 0 bridgehead atoms. The molecule has 0 saturated heterocycles. The zero-order valence-corrected chi connectivity index (χ0v) is 11.1. The van der Waals surface area contributed by atoms with Crippen molar-refractivity contribution in [2.75, 3.05) is 0 Å². The first-order valence-electron chi connectivity index (χ1n) is 6.18. The molecule has 0 atom stereocenters. The Balaban J connectivity index is 2.13. The van der Waals surface area contributed by atoms with E-state index in [-0.39, 0.29) is 28.5 Å². The molecular weight excluding hydrogens is 271 g/mol. The molecule has 0 aromatic heterocycles. The molecule has 104 valence electrons. The maximum absolute atomic E-state index is 13.6. The number of amides is 1. The molecule has 19 heavy (non-hydrogen) atoms. The average molecular weight is 287 g/mol. The molecule has 6 heteroatoms. The lowest BCUT2D eigenvalue weighted by Crippen LogP contribution is -2.31. The van der Waals surface area contributed by atoms with Crippen LogP contribution in [0.3, 0.4) is 0 Å². The summed E-state index contributed by atoms with van der Waals surface area (Å²) in [5.74, 6) is -1.33. The molecule has 1 saturated carbocycles. The number of carbonyl (C=O) groups excluding carboxylic acids is 1. The van der Waals surface area contributed by atoms with Crippen LogP contribution in [0.15, 0.2) is 12.1 Å². The van der Waals surface area contributed by atoms with E-state index in [1.807, 2.05) is 0 Å². The monoisotopic (exact) mass is 286 g/mol. The second-order valence-corrected chi connectivity index (χ2v) is 5.19. The number of hydrogen-bond donors (Lipinski definition) is 2. The molecule has 0 heterocycles. The maximum Gasteiger partial charge on any atom is 0.251 e. The summed E-state index contributed by atoms with van der Waals surface area (Å²) in [7, 11) is 0. The van der Waals surface area contributed by atoms with Crippen molar-refractivity contribution in [1.82, 2.24) is 0 Å². The van der Waals surface area contributed by atoms with Crippen molar-refractivity contribution >= 4 is 17.5 Å². The van der Waals surface area contributed by atoms with Crippen molar-refractivity contribution in [2.45, 2.75) is 37.8 Å². The van der Waals surface area contributed by atoms with Gasteiger partial charge in [-0.2, -0.15) is 0 Å². The minimum Gasteiger partial charge on any atom is -0.489 e. The maximum atomic E-state index is 13.6. The molecule has 1 fully saturated rings. The fourth-order valence-corrected chi connectivity index (χ4v) is 2.40. The van der Waals surface area contributed by atoms with Gasteiger partial charge < -0.3 is 16.2 Å². The van der Waals surface area contributed by atoms with Crippen LogP contribution in [-0.4, -0.2) is 18.1 Å². The fraction of sp³-hybridized carbons (Fsp3) is 0.462. The van der Waals surface area contributed by atoms with Gasteiger partial charge in [-0.25, -0.2) is 4.39 Å². The molecule has 1 aromatic rings. The van der Waals surface area contributed by atoms with Gasteiger partial charge in [-0.05, 0) is 31.7 Å². The van der Waals surface area contributed by atoms with Gasteiger partial charge in [0, 0.05) is 12.1 Å². The molecule has 4 N–H and O–H groups in total. The zero-order valence-electron chi connectivity index (χ0n) is 10.4. The number of rotatable bonds is 3. The predicted molar refractivity (Wildman–Crippen MR) is 70.8 cm³/mol. The third kappa shape index (κ3) is 3.36. The minimum atomic E-state index is -0.852. The standard InChI is InChI=1S/C13H16ClFN2O2/c14-10-5-9(13(17)18)11(15)6-12(10)19-8-3-1-7(16)2-4-8/h5-8H,1-4,16H2,(H2,17,18). The first-order valence-corrected chi connectivity index (χ1v) is 6.56.